The molecule has 0 atom stereocenters. The van der Waals surface area contributed by atoms with Crippen LogP contribution in [0.25, 0.3) is 0 Å². The monoisotopic (exact) mass is 295 g/mol. The Morgan fingerprint density at radius 1 is 1.18 bits per heavy atom. The molecule has 0 bridgehead atoms. The van der Waals surface area contributed by atoms with Gasteiger partial charge in [0.05, 0.1) is 12.2 Å². The first kappa shape index (κ1) is 14.6. The number of nitrogens with one attached hydrogen (secondary N) is 1. The van der Waals surface area contributed by atoms with E-state index in [1.54, 1.807) is 18.1 Å². The Hall–Kier alpha value is -2.36. The van der Waals surface area contributed by atoms with E-state index in [0.717, 1.165) is 18.5 Å². The molecule has 0 spiro atoms. The Balaban J connectivity index is 1.54. The van der Waals surface area contributed by atoms with Gasteiger partial charge in [-0.1, -0.05) is 36.4 Å². The van der Waals surface area contributed by atoms with Gasteiger partial charge in [-0.15, -0.1) is 0 Å². The van der Waals surface area contributed by atoms with Crippen molar-refractivity contribution in [3.63, 3.8) is 0 Å². The highest BCUT2D eigenvalue weighted by atomic mass is 16.2. The lowest BCUT2D eigenvalue weighted by atomic mass is 9.96. The van der Waals surface area contributed by atoms with Gasteiger partial charge in [0.25, 0.3) is 0 Å². The predicted octanol–water partition coefficient (Wildman–Crippen LogP) is 2.95. The summed E-state index contributed by atoms with van der Waals surface area (Å²) in [6.07, 6.45) is 4.03. The Bertz CT molecular complexity index is 623. The standard InChI is InChI=1S/C18H21N3O/c1-21(13-16-9-5-6-12-19-16)17(22)20-14-18(10-11-18)15-7-3-2-4-8-15/h2-9,12H,10-11,13-14H2,1H3,(H,20,22). The smallest absolute Gasteiger partial charge is 0.317 e. The molecule has 1 aliphatic carbocycles. The fraction of sp³-hybridized carbons (Fsp3) is 0.333. The molecule has 2 aromatic rings. The van der Waals surface area contributed by atoms with Crippen molar-refractivity contribution in [1.82, 2.24) is 15.2 Å². The van der Waals surface area contributed by atoms with E-state index in [2.05, 4.69) is 34.6 Å². The van der Waals surface area contributed by atoms with Crippen molar-refractivity contribution in [3.05, 3.63) is 66.0 Å². The molecule has 114 valence electrons. The maximum absolute atomic E-state index is 12.2. The summed E-state index contributed by atoms with van der Waals surface area (Å²) in [7, 11) is 1.80. The molecule has 1 heterocycles. The number of benzene rings is 1. The van der Waals surface area contributed by atoms with Crippen LogP contribution < -0.4 is 5.32 Å². The number of pyridine rings is 1. The number of hydrogen-bond acceptors (Lipinski definition) is 2. The van der Waals surface area contributed by atoms with Crippen molar-refractivity contribution in [3.8, 4) is 0 Å². The number of nitrogens with zero attached hydrogens (tertiary/aromatic N) is 2. The lowest BCUT2D eigenvalue weighted by molar-refractivity contribution is 0.205. The first-order chi connectivity index (χ1) is 10.7. The topological polar surface area (TPSA) is 45.2 Å². The Kier molecular flexibility index (Phi) is 4.09. The van der Waals surface area contributed by atoms with Crippen LogP contribution in [0.4, 0.5) is 4.79 Å². The third kappa shape index (κ3) is 3.27. The van der Waals surface area contributed by atoms with Gasteiger partial charge in [-0.2, -0.15) is 0 Å². The zero-order valence-electron chi connectivity index (χ0n) is 12.8. The van der Waals surface area contributed by atoms with Gasteiger partial charge in [-0.3, -0.25) is 4.98 Å². The SMILES string of the molecule is CN(Cc1ccccn1)C(=O)NCC1(c2ccccc2)CC1. The second kappa shape index (κ2) is 6.18. The van der Waals surface area contributed by atoms with Crippen LogP contribution in [-0.4, -0.2) is 29.5 Å². The second-order valence-electron chi connectivity index (χ2n) is 5.98. The molecule has 1 N–H and O–H groups in total. The third-order valence-electron chi connectivity index (χ3n) is 4.29. The minimum absolute atomic E-state index is 0.0483. The number of carbonyl (C=O) groups excluding carboxylic acids is 1. The summed E-state index contributed by atoms with van der Waals surface area (Å²) < 4.78 is 0. The maximum Gasteiger partial charge on any atom is 0.317 e. The molecule has 0 saturated heterocycles. The molecule has 2 amide bonds. The summed E-state index contributed by atoms with van der Waals surface area (Å²) in [6, 6.07) is 16.1. The molecule has 1 aliphatic rings. The number of rotatable bonds is 5. The van der Waals surface area contributed by atoms with Crippen LogP contribution in [0, 0.1) is 0 Å². The van der Waals surface area contributed by atoms with Gasteiger partial charge < -0.3 is 10.2 Å². The van der Waals surface area contributed by atoms with Gasteiger partial charge in [-0.05, 0) is 30.5 Å². The van der Waals surface area contributed by atoms with E-state index in [4.69, 9.17) is 0 Å². The van der Waals surface area contributed by atoms with Gasteiger partial charge in [0.15, 0.2) is 0 Å². The van der Waals surface area contributed by atoms with Crippen molar-refractivity contribution < 1.29 is 4.79 Å². The minimum Gasteiger partial charge on any atom is -0.337 e. The summed E-state index contributed by atoms with van der Waals surface area (Å²) in [5.74, 6) is 0. The number of aromatic nitrogens is 1. The number of amides is 2. The molecule has 0 aliphatic heterocycles. The van der Waals surface area contributed by atoms with Crippen LogP contribution >= 0.6 is 0 Å². The van der Waals surface area contributed by atoms with Crippen molar-refractivity contribution >= 4 is 6.03 Å². The number of carbonyl (C=O) groups is 1. The number of urea groups is 1. The van der Waals surface area contributed by atoms with Crippen molar-refractivity contribution in [1.29, 1.82) is 0 Å². The molecule has 3 rings (SSSR count). The highest BCUT2D eigenvalue weighted by Crippen LogP contribution is 2.47. The Morgan fingerprint density at radius 3 is 2.55 bits per heavy atom. The average Bonchev–Trinajstić information content (AvgIpc) is 3.35. The highest BCUT2D eigenvalue weighted by Gasteiger charge is 2.44. The van der Waals surface area contributed by atoms with Crippen LogP contribution in [0.5, 0.6) is 0 Å². The van der Waals surface area contributed by atoms with Crippen LogP contribution in [-0.2, 0) is 12.0 Å². The largest absolute Gasteiger partial charge is 0.337 e. The molecule has 1 aromatic heterocycles. The summed E-state index contributed by atoms with van der Waals surface area (Å²) >= 11 is 0. The molecule has 0 unspecified atom stereocenters. The fourth-order valence-electron chi connectivity index (χ4n) is 2.70. The van der Waals surface area contributed by atoms with E-state index in [9.17, 15) is 4.79 Å². The molecule has 1 aromatic carbocycles. The van der Waals surface area contributed by atoms with Crippen molar-refractivity contribution in [2.45, 2.75) is 24.8 Å². The van der Waals surface area contributed by atoms with E-state index in [1.807, 2.05) is 24.3 Å². The van der Waals surface area contributed by atoms with E-state index in [-0.39, 0.29) is 11.4 Å². The molecule has 1 fully saturated rings. The Labute approximate surface area is 131 Å². The average molecular weight is 295 g/mol. The summed E-state index contributed by atoms with van der Waals surface area (Å²) in [5, 5.41) is 3.06. The lowest BCUT2D eigenvalue weighted by Gasteiger charge is -2.21. The summed E-state index contributed by atoms with van der Waals surface area (Å²) in [6.45, 7) is 1.22. The molecule has 4 nitrogen and oxygen atoms in total. The number of hydrogen-bond donors (Lipinski definition) is 1. The van der Waals surface area contributed by atoms with E-state index >= 15 is 0 Å². The van der Waals surface area contributed by atoms with Gasteiger partial charge >= 0.3 is 6.03 Å². The first-order valence-electron chi connectivity index (χ1n) is 7.64. The molecule has 1 saturated carbocycles. The predicted molar refractivity (Wildman–Crippen MR) is 86.5 cm³/mol. The molecule has 22 heavy (non-hydrogen) atoms. The highest BCUT2D eigenvalue weighted by molar-refractivity contribution is 5.74. The quantitative estimate of drug-likeness (QED) is 0.921. The van der Waals surface area contributed by atoms with Gasteiger partial charge in [0.2, 0.25) is 0 Å². The molecular formula is C18H21N3O. The van der Waals surface area contributed by atoms with Crippen LogP contribution in [0.2, 0.25) is 0 Å². The zero-order valence-corrected chi connectivity index (χ0v) is 12.8. The molecular weight excluding hydrogens is 274 g/mol. The van der Waals surface area contributed by atoms with Crippen LogP contribution in [0.15, 0.2) is 54.7 Å². The van der Waals surface area contributed by atoms with E-state index < -0.39 is 0 Å². The molecule has 0 radical (unpaired) electrons. The maximum atomic E-state index is 12.2. The molecule has 4 heteroatoms. The summed E-state index contributed by atoms with van der Waals surface area (Å²) in [4.78, 5) is 18.2. The third-order valence-corrected chi connectivity index (χ3v) is 4.29. The first-order valence-corrected chi connectivity index (χ1v) is 7.64. The van der Waals surface area contributed by atoms with Crippen LogP contribution in [0.1, 0.15) is 24.1 Å². The summed E-state index contributed by atoms with van der Waals surface area (Å²) in [5.41, 5.74) is 2.36. The minimum atomic E-state index is -0.0483. The van der Waals surface area contributed by atoms with Crippen LogP contribution in [0.3, 0.4) is 0 Å². The van der Waals surface area contributed by atoms with E-state index in [1.165, 1.54) is 5.56 Å². The van der Waals surface area contributed by atoms with Crippen molar-refractivity contribution in [2.75, 3.05) is 13.6 Å². The van der Waals surface area contributed by atoms with E-state index in [0.29, 0.717) is 13.1 Å². The normalized spacial score (nSPS) is 15.1. The fourth-order valence-corrected chi connectivity index (χ4v) is 2.70. The second-order valence-corrected chi connectivity index (χ2v) is 5.98. The van der Waals surface area contributed by atoms with Gasteiger partial charge in [0.1, 0.15) is 0 Å². The van der Waals surface area contributed by atoms with Gasteiger partial charge in [0, 0.05) is 25.2 Å². The zero-order chi connectivity index (χ0) is 15.4. The Morgan fingerprint density at radius 2 is 1.91 bits per heavy atom. The van der Waals surface area contributed by atoms with Gasteiger partial charge in [-0.25, -0.2) is 4.79 Å². The lowest BCUT2D eigenvalue weighted by Crippen LogP contribution is -2.40. The van der Waals surface area contributed by atoms with Crippen molar-refractivity contribution in [2.24, 2.45) is 0 Å².